The molecule has 0 bridgehead atoms. The molecule has 3 aromatic carbocycles. The minimum Gasteiger partial charge on any atom is -0.481 e. The van der Waals surface area contributed by atoms with Crippen LogP contribution < -0.4 is 0 Å². The molecule has 6 nitrogen and oxygen atoms in total. The van der Waals surface area contributed by atoms with Gasteiger partial charge in [-0.3, -0.25) is 14.5 Å². The first-order valence-corrected chi connectivity index (χ1v) is 12.9. The van der Waals surface area contributed by atoms with Crippen LogP contribution in [-0.4, -0.2) is 30.8 Å². The van der Waals surface area contributed by atoms with Crippen LogP contribution in [0.25, 0.3) is 54.1 Å². The lowest BCUT2D eigenvalue weighted by atomic mass is 9.93. The zero-order valence-electron chi connectivity index (χ0n) is 20.1. The van der Waals surface area contributed by atoms with E-state index in [2.05, 4.69) is 23.2 Å². The van der Waals surface area contributed by atoms with E-state index in [4.69, 9.17) is 21.7 Å². The number of hydrogen-bond donors (Lipinski definition) is 1. The molecule has 182 valence electrons. The molecule has 0 spiro atoms. The summed E-state index contributed by atoms with van der Waals surface area (Å²) in [6.07, 6.45) is 3.47. The maximum Gasteiger partial charge on any atom is 0.307 e. The second-order valence-corrected chi connectivity index (χ2v) is 10.4. The Morgan fingerprint density at radius 2 is 1.73 bits per heavy atom. The molecule has 0 saturated carbocycles. The number of pyridine rings is 1. The third-order valence-corrected chi connectivity index (χ3v) is 7.91. The quantitative estimate of drug-likeness (QED) is 0.258. The highest BCUT2D eigenvalue weighted by atomic mass is 35.5. The number of halogens is 1. The number of carboxylic acids is 1. The van der Waals surface area contributed by atoms with Crippen LogP contribution in [0, 0.1) is 6.92 Å². The van der Waals surface area contributed by atoms with Crippen molar-refractivity contribution in [3.05, 3.63) is 89.2 Å². The van der Waals surface area contributed by atoms with E-state index in [0.717, 1.165) is 65.2 Å². The van der Waals surface area contributed by atoms with E-state index in [9.17, 15) is 9.90 Å². The highest BCUT2D eigenvalue weighted by molar-refractivity contribution is 7.22. The fraction of sp³-hybridized carbons (Fsp3) is 0.103. The molecule has 0 fully saturated rings. The lowest BCUT2D eigenvalue weighted by Crippen LogP contribution is -2.04. The van der Waals surface area contributed by atoms with Gasteiger partial charge >= 0.3 is 5.97 Å². The summed E-state index contributed by atoms with van der Waals surface area (Å²) < 4.78 is 2.84. The number of fused-ring (bicyclic) bond motifs is 2. The minimum absolute atomic E-state index is 0.0656. The van der Waals surface area contributed by atoms with Crippen molar-refractivity contribution >= 4 is 50.0 Å². The smallest absolute Gasteiger partial charge is 0.307 e. The van der Waals surface area contributed by atoms with Gasteiger partial charge in [-0.1, -0.05) is 23.7 Å². The van der Waals surface area contributed by atoms with Gasteiger partial charge in [0.25, 0.3) is 0 Å². The van der Waals surface area contributed by atoms with Gasteiger partial charge in [0.15, 0.2) is 0 Å². The van der Waals surface area contributed by atoms with Crippen LogP contribution in [-0.2, 0) is 18.3 Å². The normalized spacial score (nSPS) is 11.4. The molecule has 0 aliphatic heterocycles. The summed E-state index contributed by atoms with van der Waals surface area (Å²) in [5.74, 6) is -0.868. The highest BCUT2D eigenvalue weighted by Crippen LogP contribution is 2.42. The Balaban J connectivity index is 1.56. The van der Waals surface area contributed by atoms with Gasteiger partial charge in [0.1, 0.15) is 10.7 Å². The summed E-state index contributed by atoms with van der Waals surface area (Å²) in [7, 11) is 1.94. The first-order chi connectivity index (χ1) is 17.9. The maximum absolute atomic E-state index is 11.8. The van der Waals surface area contributed by atoms with Gasteiger partial charge in [-0.05, 0) is 72.1 Å². The summed E-state index contributed by atoms with van der Waals surface area (Å²) >= 11 is 7.72. The number of aromatic nitrogens is 4. The number of hydrogen-bond acceptors (Lipinski definition) is 5. The maximum atomic E-state index is 11.8. The number of aryl methyl sites for hydroxylation is 2. The van der Waals surface area contributed by atoms with E-state index >= 15 is 0 Å². The van der Waals surface area contributed by atoms with Crippen molar-refractivity contribution < 1.29 is 9.90 Å². The molecule has 37 heavy (non-hydrogen) atoms. The zero-order chi connectivity index (χ0) is 25.7. The Kier molecular flexibility index (Phi) is 5.74. The molecule has 0 radical (unpaired) electrons. The molecule has 0 saturated heterocycles. The number of carbonyl (C=O) groups is 1. The van der Waals surface area contributed by atoms with Crippen LogP contribution in [0.2, 0.25) is 5.02 Å². The first-order valence-electron chi connectivity index (χ1n) is 11.7. The summed E-state index contributed by atoms with van der Waals surface area (Å²) in [4.78, 5) is 20.9. The Bertz CT molecular complexity index is 1810. The SMILES string of the molecule is Cc1cc2nc(-c3ccc4c(c3)c(-c3ccncc3)nn4C)sc2c(-c2ccc(Cl)cc2)c1CC(=O)O. The number of nitrogens with zero attached hydrogens (tertiary/aromatic N) is 4. The van der Waals surface area contributed by atoms with Crippen molar-refractivity contribution in [3.8, 4) is 33.0 Å². The van der Waals surface area contributed by atoms with Gasteiger partial charge in [0, 0.05) is 46.5 Å². The molecule has 1 N–H and O–H groups in total. The number of aliphatic carboxylic acids is 1. The summed E-state index contributed by atoms with van der Waals surface area (Å²) in [6.45, 7) is 1.94. The number of benzene rings is 3. The Labute approximate surface area is 221 Å². The van der Waals surface area contributed by atoms with E-state index in [1.54, 1.807) is 23.7 Å². The third kappa shape index (κ3) is 4.16. The van der Waals surface area contributed by atoms with Crippen molar-refractivity contribution in [1.82, 2.24) is 19.7 Å². The van der Waals surface area contributed by atoms with Crippen molar-refractivity contribution in [1.29, 1.82) is 0 Å². The zero-order valence-corrected chi connectivity index (χ0v) is 21.6. The topological polar surface area (TPSA) is 80.9 Å². The van der Waals surface area contributed by atoms with Crippen molar-refractivity contribution in [2.75, 3.05) is 0 Å². The third-order valence-electron chi connectivity index (χ3n) is 6.52. The van der Waals surface area contributed by atoms with Gasteiger partial charge in [-0.15, -0.1) is 11.3 Å². The first kappa shape index (κ1) is 23.3. The van der Waals surface area contributed by atoms with Crippen LogP contribution in [0.3, 0.4) is 0 Å². The largest absolute Gasteiger partial charge is 0.481 e. The Morgan fingerprint density at radius 3 is 2.46 bits per heavy atom. The van der Waals surface area contributed by atoms with Crippen LogP contribution in [0.1, 0.15) is 11.1 Å². The van der Waals surface area contributed by atoms with Crippen LogP contribution in [0.4, 0.5) is 0 Å². The Morgan fingerprint density at radius 1 is 1.00 bits per heavy atom. The van der Waals surface area contributed by atoms with Crippen LogP contribution in [0.5, 0.6) is 0 Å². The predicted molar refractivity (Wildman–Crippen MR) is 149 cm³/mol. The predicted octanol–water partition coefficient (Wildman–Crippen LogP) is 7.17. The van der Waals surface area contributed by atoms with E-state index in [-0.39, 0.29) is 6.42 Å². The van der Waals surface area contributed by atoms with Gasteiger partial charge in [0.2, 0.25) is 0 Å². The Hall–Kier alpha value is -4.07. The van der Waals surface area contributed by atoms with Crippen LogP contribution >= 0.6 is 22.9 Å². The molecule has 6 rings (SSSR count). The molecule has 3 heterocycles. The van der Waals surface area contributed by atoms with Gasteiger partial charge in [-0.25, -0.2) is 4.98 Å². The van der Waals surface area contributed by atoms with Gasteiger partial charge < -0.3 is 5.11 Å². The summed E-state index contributed by atoms with van der Waals surface area (Å²) in [6, 6.07) is 19.7. The monoisotopic (exact) mass is 524 g/mol. The van der Waals surface area contributed by atoms with Crippen molar-refractivity contribution in [3.63, 3.8) is 0 Å². The molecular formula is C29H21ClN4O2S. The number of carboxylic acid groups (broad SMARTS) is 1. The molecule has 0 atom stereocenters. The highest BCUT2D eigenvalue weighted by Gasteiger charge is 2.20. The standard InChI is InChI=1S/C29H21ClN4O2S/c1-16-13-23-28(26(21(16)15-25(35)36)17-3-6-20(30)7-4-17)37-29(32-23)19-5-8-24-22(14-19)27(33-34(24)2)18-9-11-31-12-10-18/h3-14H,15H2,1-2H3,(H,35,36). The lowest BCUT2D eigenvalue weighted by molar-refractivity contribution is -0.136. The molecule has 0 amide bonds. The molecule has 0 aliphatic carbocycles. The fourth-order valence-corrected chi connectivity index (χ4v) is 6.04. The van der Waals surface area contributed by atoms with E-state index in [1.165, 1.54) is 0 Å². The van der Waals surface area contributed by atoms with E-state index in [0.29, 0.717) is 5.02 Å². The molecule has 0 aliphatic rings. The minimum atomic E-state index is -0.868. The van der Waals surface area contributed by atoms with Crippen molar-refractivity contribution in [2.45, 2.75) is 13.3 Å². The van der Waals surface area contributed by atoms with Crippen molar-refractivity contribution in [2.24, 2.45) is 7.05 Å². The number of rotatable bonds is 5. The average molecular weight is 525 g/mol. The second kappa shape index (κ2) is 9.10. The number of thiazole rings is 1. The summed E-state index contributed by atoms with van der Waals surface area (Å²) in [5, 5.41) is 16.9. The molecule has 8 heteroatoms. The van der Waals surface area contributed by atoms with Crippen LogP contribution in [0.15, 0.2) is 73.1 Å². The van der Waals surface area contributed by atoms with E-state index in [1.807, 2.05) is 61.1 Å². The molecule has 6 aromatic rings. The molecule has 3 aromatic heterocycles. The average Bonchev–Trinajstić information content (AvgIpc) is 3.46. The summed E-state index contributed by atoms with van der Waals surface area (Å²) in [5.41, 5.74) is 8.27. The fourth-order valence-electron chi connectivity index (χ4n) is 4.78. The molecule has 0 unspecified atom stereocenters. The molecular weight excluding hydrogens is 504 g/mol. The lowest BCUT2D eigenvalue weighted by Gasteiger charge is -2.13. The van der Waals surface area contributed by atoms with Gasteiger partial charge in [-0.2, -0.15) is 5.10 Å². The van der Waals surface area contributed by atoms with E-state index < -0.39 is 5.97 Å². The van der Waals surface area contributed by atoms with Gasteiger partial charge in [0.05, 0.1) is 22.2 Å². The second-order valence-electron chi connectivity index (χ2n) is 8.93.